The first-order chi connectivity index (χ1) is 31.3. The summed E-state index contributed by atoms with van der Waals surface area (Å²) in [6.07, 6.45) is 0. The Bertz CT molecular complexity index is 3440. The summed E-state index contributed by atoms with van der Waals surface area (Å²) >= 11 is 0. The highest BCUT2D eigenvalue weighted by Gasteiger charge is 2.46. The van der Waals surface area contributed by atoms with E-state index < -0.39 is 5.41 Å². The molecular weight excluding hydrogens is 763 g/mol. The molecule has 2 heteroatoms. The van der Waals surface area contributed by atoms with Crippen LogP contribution in [0, 0.1) is 0 Å². The highest BCUT2D eigenvalue weighted by Crippen LogP contribution is 2.57. The average Bonchev–Trinajstić information content (AvgIpc) is 3.90. The second kappa shape index (κ2) is 15.1. The van der Waals surface area contributed by atoms with Crippen LogP contribution in [0.2, 0.25) is 0 Å². The number of nitrogens with zero attached hydrogens (tertiary/aromatic N) is 1. The van der Waals surface area contributed by atoms with Crippen molar-refractivity contribution in [1.82, 2.24) is 0 Å². The quantitative estimate of drug-likeness (QED) is 0.152. The number of hydrogen-bond donors (Lipinski definition) is 0. The summed E-state index contributed by atoms with van der Waals surface area (Å²) in [6.45, 7) is 0. The lowest BCUT2D eigenvalue weighted by atomic mass is 9.67. The van der Waals surface area contributed by atoms with Gasteiger partial charge < -0.3 is 9.32 Å². The van der Waals surface area contributed by atoms with E-state index in [4.69, 9.17) is 4.42 Å². The van der Waals surface area contributed by atoms with Gasteiger partial charge in [-0.2, -0.15) is 0 Å². The molecule has 2 nitrogen and oxygen atoms in total. The van der Waals surface area contributed by atoms with Crippen LogP contribution >= 0.6 is 0 Å². The molecule has 0 saturated carbocycles. The van der Waals surface area contributed by atoms with E-state index in [0.29, 0.717) is 0 Å². The normalized spacial score (nSPS) is 14.1. The molecule has 1 aliphatic carbocycles. The first-order valence-corrected chi connectivity index (χ1v) is 21.7. The van der Waals surface area contributed by atoms with Crippen molar-refractivity contribution in [1.29, 1.82) is 0 Å². The molecular formula is C61H41NO. The van der Waals surface area contributed by atoms with Gasteiger partial charge in [-0.25, -0.2) is 0 Å². The lowest BCUT2D eigenvalue weighted by Crippen LogP contribution is -2.28. The molecule has 0 radical (unpaired) electrons. The zero-order valence-electron chi connectivity index (χ0n) is 34.5. The van der Waals surface area contributed by atoms with Crippen molar-refractivity contribution in [3.63, 3.8) is 0 Å². The predicted octanol–water partition coefficient (Wildman–Crippen LogP) is 16.4. The zero-order chi connectivity index (χ0) is 41.7. The number of hydrogen-bond acceptors (Lipinski definition) is 2. The molecule has 12 rings (SSSR count). The van der Waals surface area contributed by atoms with Gasteiger partial charge in [0.15, 0.2) is 5.58 Å². The molecule has 63 heavy (non-hydrogen) atoms. The van der Waals surface area contributed by atoms with E-state index in [1.165, 1.54) is 55.6 Å². The molecule has 0 N–H and O–H groups in total. The molecule has 1 aliphatic rings. The minimum Gasteiger partial charge on any atom is -0.454 e. The van der Waals surface area contributed by atoms with Gasteiger partial charge >= 0.3 is 0 Å². The monoisotopic (exact) mass is 803 g/mol. The molecule has 0 saturated heterocycles. The summed E-state index contributed by atoms with van der Waals surface area (Å²) in [5.41, 5.74) is 18.9. The molecule has 10 aromatic carbocycles. The molecule has 0 fully saturated rings. The van der Waals surface area contributed by atoms with Crippen LogP contribution in [-0.4, -0.2) is 0 Å². The molecule has 0 spiro atoms. The van der Waals surface area contributed by atoms with E-state index in [1.807, 2.05) is 6.07 Å². The van der Waals surface area contributed by atoms with Crippen LogP contribution in [-0.2, 0) is 5.41 Å². The van der Waals surface area contributed by atoms with Crippen LogP contribution in [0.5, 0.6) is 0 Å². The minimum absolute atomic E-state index is 0.528. The summed E-state index contributed by atoms with van der Waals surface area (Å²) < 4.78 is 6.75. The summed E-state index contributed by atoms with van der Waals surface area (Å²) in [4.78, 5) is 2.37. The number of rotatable bonds is 8. The standard InChI is InChI=1S/C61H41NO/c1-4-18-42(19-5-1)44-34-37-49(38-35-44)62(58-32-17-29-53-52-28-12-15-33-59(52)63-60(53)58)57-31-14-11-26-50(57)46-36-39-56-54(41-46)51-27-10-13-30-55(51)61(56,47-23-8-3-9-24-47)48-25-16-22-45(40-48)43-20-6-2-7-21-43/h1-41H. The number of fused-ring (bicyclic) bond motifs is 6. The van der Waals surface area contributed by atoms with E-state index in [1.54, 1.807) is 0 Å². The molecule has 0 amide bonds. The van der Waals surface area contributed by atoms with Crippen LogP contribution in [0.1, 0.15) is 22.3 Å². The van der Waals surface area contributed by atoms with Crippen LogP contribution in [0.25, 0.3) is 66.4 Å². The second-order valence-electron chi connectivity index (χ2n) is 16.4. The summed E-state index contributed by atoms with van der Waals surface area (Å²) in [6, 6.07) is 90.2. The molecule has 0 bridgehead atoms. The highest BCUT2D eigenvalue weighted by atomic mass is 16.3. The van der Waals surface area contributed by atoms with Crippen molar-refractivity contribution < 1.29 is 4.42 Å². The summed E-state index contributed by atoms with van der Waals surface area (Å²) in [5, 5.41) is 2.20. The van der Waals surface area contributed by atoms with Gasteiger partial charge in [0.2, 0.25) is 0 Å². The van der Waals surface area contributed by atoms with Gasteiger partial charge in [0.25, 0.3) is 0 Å². The van der Waals surface area contributed by atoms with Gasteiger partial charge in [-0.05, 0) is 104 Å². The predicted molar refractivity (Wildman–Crippen MR) is 262 cm³/mol. The number of para-hydroxylation sites is 3. The molecule has 1 aromatic heterocycles. The maximum Gasteiger partial charge on any atom is 0.159 e. The fraction of sp³-hybridized carbons (Fsp3) is 0.0164. The summed E-state index contributed by atoms with van der Waals surface area (Å²) in [7, 11) is 0. The molecule has 11 aromatic rings. The van der Waals surface area contributed by atoms with Gasteiger partial charge in [-0.1, -0.05) is 206 Å². The van der Waals surface area contributed by atoms with E-state index in [-0.39, 0.29) is 0 Å². The van der Waals surface area contributed by atoms with Crippen molar-refractivity contribution >= 4 is 39.0 Å². The third kappa shape index (κ3) is 5.95. The Balaban J connectivity index is 1.07. The zero-order valence-corrected chi connectivity index (χ0v) is 34.5. The van der Waals surface area contributed by atoms with Crippen LogP contribution < -0.4 is 4.90 Å². The van der Waals surface area contributed by atoms with E-state index in [9.17, 15) is 0 Å². The Morgan fingerprint density at radius 1 is 0.317 bits per heavy atom. The molecule has 296 valence electrons. The van der Waals surface area contributed by atoms with Gasteiger partial charge in [-0.15, -0.1) is 0 Å². The van der Waals surface area contributed by atoms with Crippen LogP contribution in [0.15, 0.2) is 253 Å². The van der Waals surface area contributed by atoms with Crippen molar-refractivity contribution in [2.24, 2.45) is 0 Å². The fourth-order valence-electron chi connectivity index (χ4n) is 10.2. The van der Waals surface area contributed by atoms with E-state index >= 15 is 0 Å². The van der Waals surface area contributed by atoms with Crippen LogP contribution in [0.4, 0.5) is 17.1 Å². The Morgan fingerprint density at radius 3 is 1.65 bits per heavy atom. The Morgan fingerprint density at radius 2 is 0.857 bits per heavy atom. The second-order valence-corrected chi connectivity index (χ2v) is 16.4. The fourth-order valence-corrected chi connectivity index (χ4v) is 10.2. The maximum absolute atomic E-state index is 6.75. The first-order valence-electron chi connectivity index (χ1n) is 21.7. The van der Waals surface area contributed by atoms with Gasteiger partial charge in [-0.3, -0.25) is 0 Å². The Labute approximate surface area is 367 Å². The van der Waals surface area contributed by atoms with E-state index in [0.717, 1.165) is 50.1 Å². The molecule has 1 heterocycles. The third-order valence-corrected chi connectivity index (χ3v) is 13.0. The lowest BCUT2D eigenvalue weighted by molar-refractivity contribution is 0.669. The van der Waals surface area contributed by atoms with Gasteiger partial charge in [0.05, 0.1) is 16.8 Å². The number of furan rings is 1. The first kappa shape index (κ1) is 36.6. The van der Waals surface area contributed by atoms with Gasteiger partial charge in [0, 0.05) is 22.0 Å². The molecule has 1 atom stereocenters. The molecule has 0 aliphatic heterocycles. The number of benzene rings is 10. The van der Waals surface area contributed by atoms with Crippen molar-refractivity contribution in [3.8, 4) is 44.5 Å². The SMILES string of the molecule is c1ccc(-c2ccc(N(c3ccccc3-c3ccc4c(c3)-c3ccccc3C4(c3ccccc3)c3cccc(-c4ccccc4)c3)c3cccc4c3oc3ccccc34)cc2)cc1. The largest absolute Gasteiger partial charge is 0.454 e. The average molecular weight is 804 g/mol. The highest BCUT2D eigenvalue weighted by molar-refractivity contribution is 6.11. The maximum atomic E-state index is 6.75. The Hall–Kier alpha value is -8.20. The van der Waals surface area contributed by atoms with Crippen LogP contribution in [0.3, 0.4) is 0 Å². The lowest BCUT2D eigenvalue weighted by Gasteiger charge is -2.34. The Kier molecular flexibility index (Phi) is 8.76. The summed E-state index contributed by atoms with van der Waals surface area (Å²) in [5.74, 6) is 0. The minimum atomic E-state index is -0.528. The van der Waals surface area contributed by atoms with E-state index in [2.05, 4.69) is 248 Å². The smallest absolute Gasteiger partial charge is 0.159 e. The van der Waals surface area contributed by atoms with Crippen molar-refractivity contribution in [2.45, 2.75) is 5.41 Å². The topological polar surface area (TPSA) is 16.4 Å². The van der Waals surface area contributed by atoms with Crippen molar-refractivity contribution in [3.05, 3.63) is 271 Å². The third-order valence-electron chi connectivity index (χ3n) is 13.0. The van der Waals surface area contributed by atoms with Crippen molar-refractivity contribution in [2.75, 3.05) is 4.90 Å². The van der Waals surface area contributed by atoms with Gasteiger partial charge in [0.1, 0.15) is 5.58 Å². The number of anilines is 3. The molecule has 1 unspecified atom stereocenters.